The number of thiocarbonyl (C=S) groups is 1. The predicted octanol–water partition coefficient (Wildman–Crippen LogP) is 2.44. The van der Waals surface area contributed by atoms with E-state index in [0.717, 1.165) is 16.2 Å². The first-order valence-corrected chi connectivity index (χ1v) is 4.33. The summed E-state index contributed by atoms with van der Waals surface area (Å²) in [5, 5.41) is 0. The quantitative estimate of drug-likeness (QED) is 0.546. The number of hydrogen-bond donors (Lipinski definition) is 0. The summed E-state index contributed by atoms with van der Waals surface area (Å²) in [5.74, 6) is 1.44. The third kappa shape index (κ3) is 2.18. The Morgan fingerprint density at radius 3 is 2.23 bits per heavy atom. The van der Waals surface area contributed by atoms with Crippen molar-refractivity contribution in [2.75, 3.05) is 14.2 Å². The first-order chi connectivity index (χ1) is 6.19. The minimum Gasteiger partial charge on any atom is -0.493 e. The summed E-state index contributed by atoms with van der Waals surface area (Å²) in [6.45, 7) is 1.89. The topological polar surface area (TPSA) is 18.5 Å². The smallest absolute Gasteiger partial charge is 0.161 e. The SMILES string of the molecule is COc1ccc(C(C)=S)cc1OC. The summed E-state index contributed by atoms with van der Waals surface area (Å²) < 4.78 is 10.2. The Bertz CT molecular complexity index is 321. The molecule has 0 radical (unpaired) electrons. The van der Waals surface area contributed by atoms with E-state index in [0.29, 0.717) is 5.75 Å². The van der Waals surface area contributed by atoms with Crippen molar-refractivity contribution in [1.82, 2.24) is 0 Å². The van der Waals surface area contributed by atoms with E-state index in [-0.39, 0.29) is 0 Å². The molecule has 1 aromatic carbocycles. The van der Waals surface area contributed by atoms with Gasteiger partial charge >= 0.3 is 0 Å². The van der Waals surface area contributed by atoms with Crippen LogP contribution in [0.15, 0.2) is 18.2 Å². The molecule has 1 rings (SSSR count). The summed E-state index contributed by atoms with van der Waals surface area (Å²) in [6, 6.07) is 5.65. The standard InChI is InChI=1S/C10H12O2S/c1-7(13)8-4-5-9(11-2)10(6-8)12-3/h4-6H,1-3H3. The van der Waals surface area contributed by atoms with E-state index in [1.54, 1.807) is 14.2 Å². The second-order valence-electron chi connectivity index (χ2n) is 2.63. The number of ether oxygens (including phenoxy) is 2. The molecule has 0 amide bonds. The van der Waals surface area contributed by atoms with Gasteiger partial charge in [-0.2, -0.15) is 0 Å². The monoisotopic (exact) mass is 196 g/mol. The fourth-order valence-electron chi connectivity index (χ4n) is 1.06. The van der Waals surface area contributed by atoms with Gasteiger partial charge < -0.3 is 9.47 Å². The van der Waals surface area contributed by atoms with Crippen LogP contribution in [0.5, 0.6) is 11.5 Å². The highest BCUT2D eigenvalue weighted by Crippen LogP contribution is 2.27. The van der Waals surface area contributed by atoms with E-state index in [1.807, 2.05) is 25.1 Å². The highest BCUT2D eigenvalue weighted by atomic mass is 32.1. The average Bonchev–Trinajstić information content (AvgIpc) is 2.16. The van der Waals surface area contributed by atoms with Crippen LogP contribution in [0.3, 0.4) is 0 Å². The van der Waals surface area contributed by atoms with Gasteiger partial charge in [-0.15, -0.1) is 0 Å². The first-order valence-electron chi connectivity index (χ1n) is 3.92. The number of methoxy groups -OCH3 is 2. The second kappa shape index (κ2) is 4.23. The van der Waals surface area contributed by atoms with Crippen molar-refractivity contribution in [2.45, 2.75) is 6.92 Å². The molecular formula is C10H12O2S. The van der Waals surface area contributed by atoms with E-state index in [1.165, 1.54) is 0 Å². The Kier molecular flexibility index (Phi) is 3.25. The Morgan fingerprint density at radius 2 is 1.77 bits per heavy atom. The summed E-state index contributed by atoms with van der Waals surface area (Å²) in [5.41, 5.74) is 0.993. The summed E-state index contributed by atoms with van der Waals surface area (Å²) in [6.07, 6.45) is 0. The average molecular weight is 196 g/mol. The van der Waals surface area contributed by atoms with Gasteiger partial charge in [-0.1, -0.05) is 12.2 Å². The highest BCUT2D eigenvalue weighted by Gasteiger charge is 2.04. The van der Waals surface area contributed by atoms with Gasteiger partial charge in [0, 0.05) is 4.86 Å². The molecule has 0 aromatic heterocycles. The second-order valence-corrected chi connectivity index (χ2v) is 3.24. The molecule has 0 fully saturated rings. The first kappa shape index (κ1) is 9.99. The molecule has 0 bridgehead atoms. The lowest BCUT2D eigenvalue weighted by Crippen LogP contribution is -1.94. The molecule has 0 saturated carbocycles. The van der Waals surface area contributed by atoms with E-state index >= 15 is 0 Å². The Balaban J connectivity index is 3.13. The minimum atomic E-state index is 0.712. The number of benzene rings is 1. The molecule has 70 valence electrons. The molecule has 3 heteroatoms. The van der Waals surface area contributed by atoms with Crippen molar-refractivity contribution in [3.63, 3.8) is 0 Å². The van der Waals surface area contributed by atoms with Gasteiger partial charge in [-0.3, -0.25) is 0 Å². The number of rotatable bonds is 3. The van der Waals surface area contributed by atoms with Crippen molar-refractivity contribution >= 4 is 17.1 Å². The Labute approximate surface area is 83.5 Å². The van der Waals surface area contributed by atoms with Crippen molar-refractivity contribution < 1.29 is 9.47 Å². The third-order valence-corrected chi connectivity index (χ3v) is 2.03. The van der Waals surface area contributed by atoms with Crippen LogP contribution >= 0.6 is 12.2 Å². The fourth-order valence-corrected chi connectivity index (χ4v) is 1.18. The zero-order valence-corrected chi connectivity index (χ0v) is 8.77. The van der Waals surface area contributed by atoms with Gasteiger partial charge in [-0.25, -0.2) is 0 Å². The molecule has 13 heavy (non-hydrogen) atoms. The molecule has 0 N–H and O–H groups in total. The minimum absolute atomic E-state index is 0.712. The fraction of sp³-hybridized carbons (Fsp3) is 0.300. The van der Waals surface area contributed by atoms with Crippen molar-refractivity contribution in [2.24, 2.45) is 0 Å². The van der Waals surface area contributed by atoms with E-state index in [4.69, 9.17) is 21.7 Å². The van der Waals surface area contributed by atoms with Crippen molar-refractivity contribution in [1.29, 1.82) is 0 Å². The molecule has 0 atom stereocenters. The molecule has 0 aliphatic carbocycles. The molecule has 0 heterocycles. The molecular weight excluding hydrogens is 184 g/mol. The summed E-state index contributed by atoms with van der Waals surface area (Å²) in [7, 11) is 3.22. The van der Waals surface area contributed by atoms with Crippen LogP contribution < -0.4 is 9.47 Å². The lowest BCUT2D eigenvalue weighted by atomic mass is 10.1. The summed E-state index contributed by atoms with van der Waals surface area (Å²) >= 11 is 5.05. The van der Waals surface area contributed by atoms with Gasteiger partial charge in [0.15, 0.2) is 11.5 Å². The highest BCUT2D eigenvalue weighted by molar-refractivity contribution is 7.80. The van der Waals surface area contributed by atoms with Gasteiger partial charge in [0.2, 0.25) is 0 Å². The van der Waals surface area contributed by atoms with Gasteiger partial charge in [-0.05, 0) is 30.7 Å². The molecule has 0 unspecified atom stereocenters. The van der Waals surface area contributed by atoms with Gasteiger partial charge in [0.05, 0.1) is 14.2 Å². The molecule has 1 aromatic rings. The lowest BCUT2D eigenvalue weighted by molar-refractivity contribution is 0.355. The maximum atomic E-state index is 5.14. The lowest BCUT2D eigenvalue weighted by Gasteiger charge is -2.08. The van der Waals surface area contributed by atoms with Gasteiger partial charge in [0.1, 0.15) is 0 Å². The van der Waals surface area contributed by atoms with Gasteiger partial charge in [0.25, 0.3) is 0 Å². The normalized spacial score (nSPS) is 9.46. The molecule has 0 aliphatic heterocycles. The summed E-state index contributed by atoms with van der Waals surface area (Å²) in [4.78, 5) is 0.848. The van der Waals surface area contributed by atoms with Crippen LogP contribution in [0.4, 0.5) is 0 Å². The van der Waals surface area contributed by atoms with Crippen LogP contribution in [0, 0.1) is 0 Å². The zero-order valence-electron chi connectivity index (χ0n) is 7.96. The van der Waals surface area contributed by atoms with Crippen molar-refractivity contribution in [3.05, 3.63) is 23.8 Å². The van der Waals surface area contributed by atoms with Crippen LogP contribution in [0.1, 0.15) is 12.5 Å². The molecule has 2 nitrogen and oxygen atoms in total. The predicted molar refractivity (Wildman–Crippen MR) is 56.9 cm³/mol. The van der Waals surface area contributed by atoms with Crippen molar-refractivity contribution in [3.8, 4) is 11.5 Å². The van der Waals surface area contributed by atoms with Crippen LogP contribution in [-0.4, -0.2) is 19.1 Å². The van der Waals surface area contributed by atoms with E-state index < -0.39 is 0 Å². The van der Waals surface area contributed by atoms with Crippen LogP contribution in [0.25, 0.3) is 0 Å². The zero-order chi connectivity index (χ0) is 9.84. The van der Waals surface area contributed by atoms with E-state index in [9.17, 15) is 0 Å². The third-order valence-electron chi connectivity index (χ3n) is 1.79. The Morgan fingerprint density at radius 1 is 1.15 bits per heavy atom. The maximum Gasteiger partial charge on any atom is 0.161 e. The molecule has 0 saturated heterocycles. The van der Waals surface area contributed by atoms with Crippen LogP contribution in [0.2, 0.25) is 0 Å². The largest absolute Gasteiger partial charge is 0.493 e. The Hall–Kier alpha value is -1.09. The van der Waals surface area contributed by atoms with Crippen LogP contribution in [-0.2, 0) is 0 Å². The maximum absolute atomic E-state index is 5.14. The molecule has 0 aliphatic rings. The van der Waals surface area contributed by atoms with E-state index in [2.05, 4.69) is 0 Å². The molecule has 0 spiro atoms. The number of hydrogen-bond acceptors (Lipinski definition) is 3.